The van der Waals surface area contributed by atoms with Crippen LogP contribution in [0.25, 0.3) is 20.4 Å². The Hall–Kier alpha value is -1.96. The first-order valence-corrected chi connectivity index (χ1v) is 14.1. The highest BCUT2D eigenvalue weighted by Gasteiger charge is 2.26. The van der Waals surface area contributed by atoms with Crippen LogP contribution in [0.15, 0.2) is 42.5 Å². The molecule has 2 aromatic heterocycles. The molecular formula is C19H19N2O6S4+. The SMILES string of the molecule is O=S(=O)(O)CCc1cccc2sc(Cc3nc4ccccc4s3)[n+](CCS(=O)(=O)O)c12. The Bertz CT molecular complexity index is 1440. The lowest BCUT2D eigenvalue weighted by Crippen LogP contribution is -2.40. The average Bonchev–Trinajstić information content (AvgIpc) is 3.24. The molecule has 0 spiro atoms. The molecule has 0 amide bonds. The molecule has 0 aliphatic heterocycles. The molecule has 0 fully saturated rings. The molecule has 0 aliphatic carbocycles. The van der Waals surface area contributed by atoms with Crippen LogP contribution in [0.4, 0.5) is 0 Å². The highest BCUT2D eigenvalue weighted by atomic mass is 32.2. The fourth-order valence-corrected chi connectivity index (χ4v) is 6.60. The average molecular weight is 500 g/mol. The van der Waals surface area contributed by atoms with Gasteiger partial charge in [-0.3, -0.25) is 9.11 Å². The number of hydrogen-bond acceptors (Lipinski definition) is 7. The molecule has 8 nitrogen and oxygen atoms in total. The Kier molecular flexibility index (Phi) is 6.12. The lowest BCUT2D eigenvalue weighted by Gasteiger charge is -2.03. The van der Waals surface area contributed by atoms with Gasteiger partial charge in [-0.15, -0.1) is 11.3 Å². The van der Waals surface area contributed by atoms with Crippen molar-refractivity contribution >= 4 is 63.3 Å². The lowest BCUT2D eigenvalue weighted by molar-refractivity contribution is -0.669. The standard InChI is InChI=1S/C19H18N2O6S4/c22-30(23,24)10-8-13-4-3-7-16-19(13)21(9-11-31(25,26)27)18(29-16)12-17-20-14-5-1-2-6-15(14)28-17/h1-7H,8-12H2,(H-,22,23,24,25,26,27)/p+1. The van der Waals surface area contributed by atoms with E-state index < -0.39 is 31.7 Å². The number of fused-ring (bicyclic) bond motifs is 2. The van der Waals surface area contributed by atoms with Crippen LogP contribution in [0.2, 0.25) is 0 Å². The van der Waals surface area contributed by atoms with Gasteiger partial charge >= 0.3 is 0 Å². The number of benzene rings is 2. The van der Waals surface area contributed by atoms with Crippen LogP contribution in [-0.2, 0) is 39.6 Å². The van der Waals surface area contributed by atoms with Crippen molar-refractivity contribution < 1.29 is 30.5 Å². The first-order chi connectivity index (χ1) is 14.6. The number of aromatic nitrogens is 2. The monoisotopic (exact) mass is 499 g/mol. The second kappa shape index (κ2) is 8.52. The van der Waals surface area contributed by atoms with E-state index in [2.05, 4.69) is 4.98 Å². The molecule has 4 aromatic rings. The molecule has 0 atom stereocenters. The van der Waals surface area contributed by atoms with Crippen molar-refractivity contribution in [3.63, 3.8) is 0 Å². The fraction of sp³-hybridized carbons (Fsp3) is 0.263. The molecule has 164 valence electrons. The molecule has 0 aliphatic rings. The Balaban J connectivity index is 1.79. The quantitative estimate of drug-likeness (QED) is 0.282. The van der Waals surface area contributed by atoms with Crippen molar-refractivity contribution in [1.29, 1.82) is 0 Å². The minimum atomic E-state index is -4.19. The van der Waals surface area contributed by atoms with E-state index in [1.165, 1.54) is 11.3 Å². The van der Waals surface area contributed by atoms with Gasteiger partial charge in [0.15, 0.2) is 6.54 Å². The predicted molar refractivity (Wildman–Crippen MR) is 121 cm³/mol. The van der Waals surface area contributed by atoms with Gasteiger partial charge in [-0.05, 0) is 24.6 Å². The zero-order valence-corrected chi connectivity index (χ0v) is 19.4. The van der Waals surface area contributed by atoms with Crippen molar-refractivity contribution in [3.05, 3.63) is 58.0 Å². The van der Waals surface area contributed by atoms with Crippen molar-refractivity contribution in [2.75, 3.05) is 11.5 Å². The number of para-hydroxylation sites is 2. The van der Waals surface area contributed by atoms with Crippen LogP contribution in [-0.4, -0.2) is 42.4 Å². The summed E-state index contributed by atoms with van der Waals surface area (Å²) in [7, 11) is -8.34. The number of thiazole rings is 2. The summed E-state index contributed by atoms with van der Waals surface area (Å²) in [4.78, 5) is 4.65. The van der Waals surface area contributed by atoms with Crippen LogP contribution in [0.1, 0.15) is 15.6 Å². The Labute approximate surface area is 187 Å². The fourth-order valence-electron chi connectivity index (χ4n) is 3.40. The Morgan fingerprint density at radius 2 is 1.58 bits per heavy atom. The second-order valence-electron chi connectivity index (χ2n) is 6.99. The maximum Gasteiger partial charge on any atom is 0.271 e. The summed E-state index contributed by atoms with van der Waals surface area (Å²) in [5.74, 6) is -0.906. The molecule has 2 N–H and O–H groups in total. The van der Waals surface area contributed by atoms with Crippen LogP contribution in [0.5, 0.6) is 0 Å². The molecule has 0 radical (unpaired) electrons. The third kappa shape index (κ3) is 5.45. The van der Waals surface area contributed by atoms with Gasteiger partial charge in [0.25, 0.3) is 20.2 Å². The smallest absolute Gasteiger partial charge is 0.271 e. The lowest BCUT2D eigenvalue weighted by atomic mass is 10.1. The molecule has 2 heterocycles. The first kappa shape index (κ1) is 22.2. The third-order valence-electron chi connectivity index (χ3n) is 4.72. The third-order valence-corrected chi connectivity index (χ3v) is 8.33. The normalized spacial score (nSPS) is 12.7. The molecular weight excluding hydrogens is 480 g/mol. The minimum absolute atomic E-state index is 0.0158. The van der Waals surface area contributed by atoms with E-state index in [1.54, 1.807) is 28.0 Å². The first-order valence-electron chi connectivity index (χ1n) is 9.27. The molecule has 0 saturated carbocycles. The van der Waals surface area contributed by atoms with Gasteiger partial charge in [0.2, 0.25) is 10.5 Å². The number of hydrogen-bond donors (Lipinski definition) is 2. The summed E-state index contributed by atoms with van der Waals surface area (Å²) in [5, 5.41) is 1.71. The molecule has 2 aromatic carbocycles. The number of rotatable bonds is 8. The minimum Gasteiger partial charge on any atom is -0.286 e. The second-order valence-corrected chi connectivity index (χ2v) is 12.4. The molecule has 12 heteroatoms. The Morgan fingerprint density at radius 3 is 2.29 bits per heavy atom. The van der Waals surface area contributed by atoms with E-state index in [0.717, 1.165) is 24.9 Å². The van der Waals surface area contributed by atoms with Gasteiger partial charge in [-0.1, -0.05) is 35.6 Å². The van der Waals surface area contributed by atoms with Gasteiger partial charge in [0.1, 0.15) is 15.5 Å². The van der Waals surface area contributed by atoms with Crippen LogP contribution in [0.3, 0.4) is 0 Å². The zero-order valence-electron chi connectivity index (χ0n) is 16.1. The van der Waals surface area contributed by atoms with E-state index >= 15 is 0 Å². The summed E-state index contributed by atoms with van der Waals surface area (Å²) in [6.07, 6.45) is 0.557. The molecule has 31 heavy (non-hydrogen) atoms. The maximum atomic E-state index is 11.4. The van der Waals surface area contributed by atoms with Crippen molar-refractivity contribution in [2.24, 2.45) is 0 Å². The van der Waals surface area contributed by atoms with E-state index in [4.69, 9.17) is 4.55 Å². The zero-order chi connectivity index (χ0) is 22.2. The van der Waals surface area contributed by atoms with E-state index in [-0.39, 0.29) is 13.0 Å². The summed E-state index contributed by atoms with van der Waals surface area (Å²) in [6.45, 7) is 0.0158. The number of nitrogens with zero attached hydrogens (tertiary/aromatic N) is 2. The highest BCUT2D eigenvalue weighted by molar-refractivity contribution is 7.86. The van der Waals surface area contributed by atoms with Gasteiger partial charge in [-0.25, -0.2) is 4.98 Å². The van der Waals surface area contributed by atoms with Crippen LogP contribution >= 0.6 is 22.7 Å². The summed E-state index contributed by atoms with van der Waals surface area (Å²) >= 11 is 3.02. The maximum absolute atomic E-state index is 11.4. The van der Waals surface area contributed by atoms with Crippen molar-refractivity contribution in [3.8, 4) is 0 Å². The Morgan fingerprint density at radius 1 is 0.871 bits per heavy atom. The van der Waals surface area contributed by atoms with Crippen LogP contribution in [0, 0.1) is 0 Å². The topological polar surface area (TPSA) is 126 Å². The summed E-state index contributed by atoms with van der Waals surface area (Å²) in [6, 6.07) is 13.2. The van der Waals surface area contributed by atoms with Gasteiger partial charge < -0.3 is 0 Å². The number of aryl methyl sites for hydroxylation is 2. The molecule has 0 saturated heterocycles. The molecule has 0 unspecified atom stereocenters. The predicted octanol–water partition coefficient (Wildman–Crippen LogP) is 2.71. The van der Waals surface area contributed by atoms with Gasteiger partial charge in [0, 0.05) is 5.56 Å². The van der Waals surface area contributed by atoms with Crippen LogP contribution < -0.4 is 4.57 Å². The highest BCUT2D eigenvalue weighted by Crippen LogP contribution is 2.28. The molecule has 4 rings (SSSR count). The van der Waals surface area contributed by atoms with E-state index in [9.17, 15) is 21.4 Å². The van der Waals surface area contributed by atoms with Gasteiger partial charge in [-0.2, -0.15) is 21.4 Å². The molecule has 0 bridgehead atoms. The van der Waals surface area contributed by atoms with E-state index in [0.29, 0.717) is 17.5 Å². The summed E-state index contributed by atoms with van der Waals surface area (Å²) < 4.78 is 67.5. The largest absolute Gasteiger partial charge is 0.286 e. The van der Waals surface area contributed by atoms with Crippen molar-refractivity contribution in [2.45, 2.75) is 19.4 Å². The van der Waals surface area contributed by atoms with Crippen molar-refractivity contribution in [1.82, 2.24) is 4.98 Å². The van der Waals surface area contributed by atoms with E-state index in [1.807, 2.05) is 30.3 Å². The summed E-state index contributed by atoms with van der Waals surface area (Å²) in [5.41, 5.74) is 2.27. The van der Waals surface area contributed by atoms with Gasteiger partial charge in [0.05, 0.1) is 22.4 Å².